The standard InChI is InChI=1S/C13H22F5NO2S/c14-12(15,13(16,17)18)7-4-10-22(20,21)9-2-1-5-11-6-3-8-19-11/h11,19H,1-10H2/t11-/m1/s1. The molecule has 0 aliphatic carbocycles. The highest BCUT2D eigenvalue weighted by molar-refractivity contribution is 7.91. The smallest absolute Gasteiger partial charge is 0.314 e. The third kappa shape index (κ3) is 6.76. The minimum absolute atomic E-state index is 0.155. The van der Waals surface area contributed by atoms with Gasteiger partial charge in [-0.05, 0) is 38.6 Å². The topological polar surface area (TPSA) is 46.2 Å². The SMILES string of the molecule is O=S(=O)(CCCC[C@@H]1CCCN1)CCCC(F)(F)C(F)(F)F. The fourth-order valence-electron chi connectivity index (χ4n) is 2.47. The molecule has 0 aromatic rings. The van der Waals surface area contributed by atoms with E-state index in [9.17, 15) is 30.4 Å². The first-order valence-corrected chi connectivity index (χ1v) is 9.24. The van der Waals surface area contributed by atoms with Crippen LogP contribution < -0.4 is 5.32 Å². The summed E-state index contributed by atoms with van der Waals surface area (Å²) in [6, 6.07) is 0.410. The lowest BCUT2D eigenvalue weighted by Gasteiger charge is -2.19. The molecule has 0 saturated carbocycles. The van der Waals surface area contributed by atoms with Crippen LogP contribution in [0.3, 0.4) is 0 Å². The Bertz CT molecular complexity index is 430. The summed E-state index contributed by atoms with van der Waals surface area (Å²) in [5.74, 6) is -5.60. The maximum Gasteiger partial charge on any atom is 0.453 e. The van der Waals surface area contributed by atoms with Crippen molar-refractivity contribution in [2.75, 3.05) is 18.1 Å². The highest BCUT2D eigenvalue weighted by Crippen LogP contribution is 2.38. The number of halogens is 5. The average molecular weight is 351 g/mol. The molecule has 1 aliphatic rings. The van der Waals surface area contributed by atoms with Crippen LogP contribution in [0.2, 0.25) is 0 Å². The first-order valence-electron chi connectivity index (χ1n) is 7.42. The summed E-state index contributed by atoms with van der Waals surface area (Å²) < 4.78 is 84.4. The molecule has 22 heavy (non-hydrogen) atoms. The van der Waals surface area contributed by atoms with E-state index >= 15 is 0 Å². The van der Waals surface area contributed by atoms with Gasteiger partial charge in [0.2, 0.25) is 0 Å². The molecule has 0 bridgehead atoms. The normalized spacial score (nSPS) is 20.5. The lowest BCUT2D eigenvalue weighted by Crippen LogP contribution is -2.36. The maximum absolute atomic E-state index is 12.7. The van der Waals surface area contributed by atoms with Gasteiger partial charge in [0.1, 0.15) is 9.84 Å². The fourth-order valence-corrected chi connectivity index (χ4v) is 3.91. The second kappa shape index (κ2) is 7.90. The fraction of sp³-hybridized carbons (Fsp3) is 1.00. The maximum atomic E-state index is 12.7. The van der Waals surface area contributed by atoms with Crippen LogP contribution >= 0.6 is 0 Å². The van der Waals surface area contributed by atoms with Gasteiger partial charge in [0, 0.05) is 12.5 Å². The molecule has 1 heterocycles. The Kier molecular flexibility index (Phi) is 7.04. The molecular formula is C13H22F5NO2S. The van der Waals surface area contributed by atoms with E-state index in [4.69, 9.17) is 0 Å². The van der Waals surface area contributed by atoms with E-state index < -0.39 is 40.5 Å². The van der Waals surface area contributed by atoms with Gasteiger partial charge in [-0.1, -0.05) is 6.42 Å². The predicted molar refractivity (Wildman–Crippen MR) is 73.8 cm³/mol. The van der Waals surface area contributed by atoms with Gasteiger partial charge in [-0.3, -0.25) is 0 Å². The van der Waals surface area contributed by atoms with Crippen molar-refractivity contribution >= 4 is 9.84 Å². The van der Waals surface area contributed by atoms with Crippen LogP contribution in [-0.2, 0) is 9.84 Å². The van der Waals surface area contributed by atoms with Gasteiger partial charge in [-0.15, -0.1) is 0 Å². The molecule has 0 radical (unpaired) electrons. The van der Waals surface area contributed by atoms with Gasteiger partial charge >= 0.3 is 12.1 Å². The van der Waals surface area contributed by atoms with Crippen LogP contribution in [0.4, 0.5) is 22.0 Å². The molecule has 1 aliphatic heterocycles. The molecule has 0 unspecified atom stereocenters. The molecule has 132 valence electrons. The zero-order chi connectivity index (χ0) is 16.9. The summed E-state index contributed by atoms with van der Waals surface area (Å²) in [5, 5.41) is 3.28. The summed E-state index contributed by atoms with van der Waals surface area (Å²) in [5.41, 5.74) is 0. The van der Waals surface area contributed by atoms with Crippen molar-refractivity contribution in [2.45, 2.75) is 63.1 Å². The van der Waals surface area contributed by atoms with Crippen LogP contribution in [-0.4, -0.2) is 44.6 Å². The Hall–Kier alpha value is -0.440. The van der Waals surface area contributed by atoms with Crippen molar-refractivity contribution in [3.05, 3.63) is 0 Å². The summed E-state index contributed by atoms with van der Waals surface area (Å²) in [6.45, 7) is 0.969. The molecule has 9 heteroatoms. The lowest BCUT2D eigenvalue weighted by atomic mass is 10.1. The summed E-state index contributed by atoms with van der Waals surface area (Å²) in [4.78, 5) is 0. The van der Waals surface area contributed by atoms with Gasteiger partial charge in [0.15, 0.2) is 0 Å². The molecule has 1 rings (SSSR count). The summed E-state index contributed by atoms with van der Waals surface area (Å²) in [7, 11) is -3.57. The zero-order valence-electron chi connectivity index (χ0n) is 12.3. The van der Waals surface area contributed by atoms with Crippen molar-refractivity contribution in [1.29, 1.82) is 0 Å². The second-order valence-electron chi connectivity index (χ2n) is 5.75. The molecular weight excluding hydrogens is 329 g/mol. The molecule has 3 nitrogen and oxygen atoms in total. The number of hydrogen-bond donors (Lipinski definition) is 1. The number of nitrogens with one attached hydrogen (secondary N) is 1. The number of rotatable bonds is 9. The predicted octanol–water partition coefficient (Wildman–Crippen LogP) is 3.30. The Morgan fingerprint density at radius 1 is 1.00 bits per heavy atom. The lowest BCUT2D eigenvalue weighted by molar-refractivity contribution is -0.284. The van der Waals surface area contributed by atoms with Crippen molar-refractivity contribution < 1.29 is 30.4 Å². The highest BCUT2D eigenvalue weighted by Gasteiger charge is 2.56. The molecule has 1 atom stereocenters. The van der Waals surface area contributed by atoms with Gasteiger partial charge in [-0.25, -0.2) is 8.42 Å². The van der Waals surface area contributed by atoms with E-state index in [2.05, 4.69) is 5.32 Å². The first kappa shape index (κ1) is 19.6. The van der Waals surface area contributed by atoms with E-state index in [-0.39, 0.29) is 5.75 Å². The third-order valence-corrected chi connectivity index (χ3v) is 5.60. The Balaban J connectivity index is 2.20. The number of alkyl halides is 5. The summed E-state index contributed by atoms with van der Waals surface area (Å²) >= 11 is 0. The Morgan fingerprint density at radius 3 is 2.18 bits per heavy atom. The van der Waals surface area contributed by atoms with Crippen molar-refractivity contribution in [1.82, 2.24) is 5.32 Å². The van der Waals surface area contributed by atoms with Gasteiger partial charge in [-0.2, -0.15) is 22.0 Å². The Morgan fingerprint density at radius 2 is 1.64 bits per heavy atom. The van der Waals surface area contributed by atoms with Crippen LogP contribution in [0, 0.1) is 0 Å². The van der Waals surface area contributed by atoms with E-state index in [0.29, 0.717) is 18.9 Å². The quantitative estimate of drug-likeness (QED) is 0.512. The second-order valence-corrected chi connectivity index (χ2v) is 8.05. The number of unbranched alkanes of at least 4 members (excludes halogenated alkanes) is 1. The van der Waals surface area contributed by atoms with E-state index in [1.165, 1.54) is 0 Å². The van der Waals surface area contributed by atoms with E-state index in [1.54, 1.807) is 0 Å². The molecule has 1 saturated heterocycles. The zero-order valence-corrected chi connectivity index (χ0v) is 13.1. The number of sulfone groups is 1. The van der Waals surface area contributed by atoms with Gasteiger partial charge < -0.3 is 5.32 Å². The van der Waals surface area contributed by atoms with Gasteiger partial charge in [0.05, 0.1) is 11.5 Å². The number of hydrogen-bond acceptors (Lipinski definition) is 3. The van der Waals surface area contributed by atoms with E-state index in [1.807, 2.05) is 0 Å². The van der Waals surface area contributed by atoms with Crippen molar-refractivity contribution in [3.8, 4) is 0 Å². The summed E-state index contributed by atoms with van der Waals surface area (Å²) in [6.07, 6.45) is -3.63. The monoisotopic (exact) mass is 351 g/mol. The average Bonchev–Trinajstić information content (AvgIpc) is 2.86. The van der Waals surface area contributed by atoms with E-state index in [0.717, 1.165) is 25.8 Å². The van der Waals surface area contributed by atoms with Crippen LogP contribution in [0.5, 0.6) is 0 Å². The van der Waals surface area contributed by atoms with Crippen molar-refractivity contribution in [2.24, 2.45) is 0 Å². The van der Waals surface area contributed by atoms with Crippen LogP contribution in [0.25, 0.3) is 0 Å². The molecule has 0 aromatic carbocycles. The minimum Gasteiger partial charge on any atom is -0.314 e. The molecule has 0 amide bonds. The molecule has 0 spiro atoms. The van der Waals surface area contributed by atoms with Crippen LogP contribution in [0.15, 0.2) is 0 Å². The van der Waals surface area contributed by atoms with Crippen LogP contribution in [0.1, 0.15) is 44.9 Å². The molecule has 1 fully saturated rings. The highest BCUT2D eigenvalue weighted by atomic mass is 32.2. The minimum atomic E-state index is -5.62. The largest absolute Gasteiger partial charge is 0.453 e. The first-order chi connectivity index (χ1) is 10.0. The van der Waals surface area contributed by atoms with Gasteiger partial charge in [0.25, 0.3) is 0 Å². The molecule has 1 N–H and O–H groups in total. The molecule has 0 aromatic heterocycles. The van der Waals surface area contributed by atoms with Crippen molar-refractivity contribution in [3.63, 3.8) is 0 Å². The third-order valence-electron chi connectivity index (χ3n) is 3.78. The Labute approximate surface area is 127 Å².